The van der Waals surface area contributed by atoms with E-state index in [1.54, 1.807) is 12.1 Å². The zero-order chi connectivity index (χ0) is 13.5. The SMILES string of the molecule is NCCO.O=[N+]([O-])c1ccc(O)c2ncccc12. The number of pyridine rings is 1. The van der Waals surface area contributed by atoms with Gasteiger partial charge in [0.25, 0.3) is 5.69 Å². The lowest BCUT2D eigenvalue weighted by Gasteiger charge is -1.99. The number of nitrogens with zero attached hydrogens (tertiary/aromatic N) is 2. The van der Waals surface area contributed by atoms with Crippen LogP contribution in [0.5, 0.6) is 5.75 Å². The Hall–Kier alpha value is -2.25. The molecule has 0 saturated carbocycles. The number of aromatic nitrogens is 1. The summed E-state index contributed by atoms with van der Waals surface area (Å²) in [7, 11) is 0. The van der Waals surface area contributed by atoms with Crippen molar-refractivity contribution in [2.45, 2.75) is 0 Å². The summed E-state index contributed by atoms with van der Waals surface area (Å²) in [5, 5.41) is 28.1. The third kappa shape index (κ3) is 3.12. The zero-order valence-electron chi connectivity index (χ0n) is 9.48. The average molecular weight is 251 g/mol. The quantitative estimate of drug-likeness (QED) is 0.535. The molecule has 0 radical (unpaired) electrons. The van der Waals surface area contributed by atoms with E-state index in [-0.39, 0.29) is 23.6 Å². The van der Waals surface area contributed by atoms with Gasteiger partial charge in [-0.25, -0.2) is 0 Å². The molecule has 0 aliphatic heterocycles. The minimum Gasteiger partial charge on any atom is -0.506 e. The van der Waals surface area contributed by atoms with Crippen LogP contribution >= 0.6 is 0 Å². The van der Waals surface area contributed by atoms with Crippen molar-refractivity contribution in [2.75, 3.05) is 13.2 Å². The number of aromatic hydroxyl groups is 1. The Bertz CT molecular complexity index is 543. The molecule has 1 heterocycles. The first-order chi connectivity index (χ1) is 8.61. The molecule has 1 aromatic carbocycles. The number of nitro groups is 1. The van der Waals surface area contributed by atoms with E-state index in [1.165, 1.54) is 18.3 Å². The Morgan fingerprint density at radius 1 is 1.39 bits per heavy atom. The van der Waals surface area contributed by atoms with Gasteiger partial charge >= 0.3 is 0 Å². The number of hydrogen-bond donors (Lipinski definition) is 3. The summed E-state index contributed by atoms with van der Waals surface area (Å²) in [5.74, 6) is -0.0498. The predicted molar refractivity (Wildman–Crippen MR) is 66.2 cm³/mol. The van der Waals surface area contributed by atoms with Crippen molar-refractivity contribution in [1.29, 1.82) is 0 Å². The Labute approximate surface area is 103 Å². The lowest BCUT2D eigenvalue weighted by atomic mass is 10.2. The lowest BCUT2D eigenvalue weighted by molar-refractivity contribution is -0.383. The molecule has 0 bridgehead atoms. The molecule has 0 spiro atoms. The van der Waals surface area contributed by atoms with Crippen LogP contribution in [0.3, 0.4) is 0 Å². The van der Waals surface area contributed by atoms with E-state index in [2.05, 4.69) is 4.98 Å². The van der Waals surface area contributed by atoms with Gasteiger partial charge in [0.2, 0.25) is 0 Å². The number of fused-ring (bicyclic) bond motifs is 1. The van der Waals surface area contributed by atoms with Gasteiger partial charge in [0.15, 0.2) is 0 Å². The third-order valence-corrected chi connectivity index (χ3v) is 2.05. The topological polar surface area (TPSA) is 123 Å². The molecule has 0 amide bonds. The Kier molecular flexibility index (Phi) is 4.97. The molecule has 7 nitrogen and oxygen atoms in total. The standard InChI is InChI=1S/C9H6N2O3.C2H7NO/c12-8-4-3-7(11(13)14)6-2-1-5-10-9(6)8;3-1-2-4/h1-5,12H;4H,1-3H2. The molecular formula is C11H13N3O4. The Morgan fingerprint density at radius 2 is 2.06 bits per heavy atom. The molecule has 0 atom stereocenters. The molecular weight excluding hydrogens is 238 g/mol. The molecule has 2 rings (SSSR count). The largest absolute Gasteiger partial charge is 0.506 e. The molecule has 0 fully saturated rings. The van der Waals surface area contributed by atoms with Crippen molar-refractivity contribution in [3.05, 3.63) is 40.6 Å². The number of rotatable bonds is 2. The summed E-state index contributed by atoms with van der Waals surface area (Å²) in [4.78, 5) is 14.0. The Balaban J connectivity index is 0.000000357. The van der Waals surface area contributed by atoms with Crippen molar-refractivity contribution < 1.29 is 15.1 Å². The summed E-state index contributed by atoms with van der Waals surface area (Å²) in [6.45, 7) is 0.472. The number of non-ortho nitro benzene ring substituents is 1. The van der Waals surface area contributed by atoms with Crippen LogP contribution in [-0.4, -0.2) is 33.3 Å². The van der Waals surface area contributed by atoms with E-state index in [1.807, 2.05) is 0 Å². The van der Waals surface area contributed by atoms with Crippen LogP contribution < -0.4 is 5.73 Å². The van der Waals surface area contributed by atoms with E-state index in [0.717, 1.165) is 0 Å². The Morgan fingerprint density at radius 3 is 2.61 bits per heavy atom. The molecule has 0 aliphatic rings. The van der Waals surface area contributed by atoms with Gasteiger partial charge in [0.1, 0.15) is 11.3 Å². The van der Waals surface area contributed by atoms with E-state index in [9.17, 15) is 15.2 Å². The number of phenolic OH excluding ortho intramolecular Hbond substituents is 1. The maximum atomic E-state index is 10.6. The molecule has 18 heavy (non-hydrogen) atoms. The monoisotopic (exact) mass is 251 g/mol. The fraction of sp³-hybridized carbons (Fsp3) is 0.182. The smallest absolute Gasteiger partial charge is 0.279 e. The van der Waals surface area contributed by atoms with E-state index in [0.29, 0.717) is 11.9 Å². The second-order valence-corrected chi connectivity index (χ2v) is 3.27. The third-order valence-electron chi connectivity index (χ3n) is 2.05. The number of aliphatic hydroxyl groups excluding tert-OH is 1. The van der Waals surface area contributed by atoms with Crippen molar-refractivity contribution in [2.24, 2.45) is 5.73 Å². The maximum absolute atomic E-state index is 10.6. The second kappa shape index (κ2) is 6.48. The molecule has 0 aliphatic carbocycles. The van der Waals surface area contributed by atoms with Crippen LogP contribution in [0, 0.1) is 10.1 Å². The van der Waals surface area contributed by atoms with Gasteiger partial charge in [-0.05, 0) is 18.2 Å². The lowest BCUT2D eigenvalue weighted by Crippen LogP contribution is -2.02. The van der Waals surface area contributed by atoms with E-state index < -0.39 is 4.92 Å². The first-order valence-electron chi connectivity index (χ1n) is 5.13. The summed E-state index contributed by atoms with van der Waals surface area (Å²) in [5.41, 5.74) is 4.98. The average Bonchev–Trinajstić information content (AvgIpc) is 2.39. The fourth-order valence-electron chi connectivity index (χ4n) is 1.30. The molecule has 2 aromatic rings. The number of nitro benzene ring substituents is 1. The molecule has 0 saturated heterocycles. The number of nitrogens with two attached hydrogens (primary N) is 1. The van der Waals surface area contributed by atoms with E-state index in [4.69, 9.17) is 10.8 Å². The van der Waals surface area contributed by atoms with Crippen LogP contribution in [0.25, 0.3) is 10.9 Å². The highest BCUT2D eigenvalue weighted by Crippen LogP contribution is 2.29. The van der Waals surface area contributed by atoms with Crippen LogP contribution in [0.1, 0.15) is 0 Å². The molecule has 1 aromatic heterocycles. The maximum Gasteiger partial charge on any atom is 0.279 e. The van der Waals surface area contributed by atoms with Gasteiger partial charge in [-0.1, -0.05) is 0 Å². The number of benzene rings is 1. The normalized spacial score (nSPS) is 9.67. The highest BCUT2D eigenvalue weighted by Gasteiger charge is 2.13. The summed E-state index contributed by atoms with van der Waals surface area (Å²) < 4.78 is 0. The molecule has 0 unspecified atom stereocenters. The molecule has 7 heteroatoms. The number of aliphatic hydroxyl groups is 1. The van der Waals surface area contributed by atoms with Crippen molar-refractivity contribution in [3.63, 3.8) is 0 Å². The van der Waals surface area contributed by atoms with Gasteiger partial charge in [-0.15, -0.1) is 0 Å². The highest BCUT2D eigenvalue weighted by atomic mass is 16.6. The highest BCUT2D eigenvalue weighted by molar-refractivity contribution is 5.91. The van der Waals surface area contributed by atoms with Gasteiger partial charge in [0.05, 0.1) is 16.9 Å². The van der Waals surface area contributed by atoms with Crippen molar-refractivity contribution >= 4 is 16.6 Å². The number of hydrogen-bond acceptors (Lipinski definition) is 6. The van der Waals surface area contributed by atoms with E-state index >= 15 is 0 Å². The molecule has 4 N–H and O–H groups in total. The first-order valence-corrected chi connectivity index (χ1v) is 5.13. The predicted octanol–water partition coefficient (Wildman–Crippen LogP) is 0.786. The summed E-state index contributed by atoms with van der Waals surface area (Å²) in [6, 6.07) is 5.68. The fourth-order valence-corrected chi connectivity index (χ4v) is 1.30. The van der Waals surface area contributed by atoms with Gasteiger partial charge in [0, 0.05) is 18.8 Å². The zero-order valence-corrected chi connectivity index (χ0v) is 9.48. The molecule has 96 valence electrons. The van der Waals surface area contributed by atoms with Crippen LogP contribution in [0.15, 0.2) is 30.5 Å². The second-order valence-electron chi connectivity index (χ2n) is 3.27. The van der Waals surface area contributed by atoms with Crippen LogP contribution in [0.4, 0.5) is 5.69 Å². The van der Waals surface area contributed by atoms with Gasteiger partial charge < -0.3 is 15.9 Å². The van der Waals surface area contributed by atoms with Gasteiger partial charge in [-0.3, -0.25) is 15.1 Å². The summed E-state index contributed by atoms with van der Waals surface area (Å²) >= 11 is 0. The summed E-state index contributed by atoms with van der Waals surface area (Å²) in [6.07, 6.45) is 1.48. The van der Waals surface area contributed by atoms with Crippen LogP contribution in [-0.2, 0) is 0 Å². The van der Waals surface area contributed by atoms with Gasteiger partial charge in [-0.2, -0.15) is 0 Å². The minimum atomic E-state index is -0.497. The van der Waals surface area contributed by atoms with Crippen LogP contribution in [0.2, 0.25) is 0 Å². The van der Waals surface area contributed by atoms with Crippen molar-refractivity contribution in [3.8, 4) is 5.75 Å². The number of phenols is 1. The minimum absolute atomic E-state index is 0.0498. The first kappa shape index (κ1) is 13.8. The van der Waals surface area contributed by atoms with Crippen molar-refractivity contribution in [1.82, 2.24) is 4.98 Å².